The number of Topliss-reactive ketones (excluding diaryl/α,β-unsaturated/α-hetero) is 2. The predicted molar refractivity (Wildman–Crippen MR) is 75.0 cm³/mol. The number of fused-ring (bicyclic) bond motifs is 1. The first-order chi connectivity index (χ1) is 9.68. The van der Waals surface area contributed by atoms with Crippen LogP contribution in [-0.4, -0.2) is 30.8 Å². The largest absolute Gasteiger partial charge is 0.378 e. The molecule has 104 valence electrons. The van der Waals surface area contributed by atoms with Gasteiger partial charge in [-0.1, -0.05) is 35.9 Å². The van der Waals surface area contributed by atoms with Crippen LogP contribution in [0.3, 0.4) is 0 Å². The Hall–Kier alpha value is -1.65. The van der Waals surface area contributed by atoms with Crippen molar-refractivity contribution >= 4 is 23.2 Å². The van der Waals surface area contributed by atoms with Crippen LogP contribution in [0, 0.1) is 0 Å². The molecule has 1 unspecified atom stereocenters. The lowest BCUT2D eigenvalue weighted by atomic mass is 9.92. The number of allylic oxidation sites excluding steroid dienone is 2. The molecule has 4 nitrogen and oxygen atoms in total. The fraction of sp³-hybridized carbons (Fsp3) is 0.333. The van der Waals surface area contributed by atoms with Gasteiger partial charge in [0.25, 0.3) is 0 Å². The second-order valence-corrected chi connectivity index (χ2v) is 5.29. The van der Waals surface area contributed by atoms with Gasteiger partial charge in [-0.2, -0.15) is 0 Å². The zero-order valence-electron chi connectivity index (χ0n) is 10.8. The van der Waals surface area contributed by atoms with Gasteiger partial charge in [-0.3, -0.25) is 9.59 Å². The van der Waals surface area contributed by atoms with Crippen molar-refractivity contribution in [2.75, 3.05) is 13.2 Å². The van der Waals surface area contributed by atoms with Crippen molar-refractivity contribution in [2.45, 2.75) is 18.9 Å². The summed E-state index contributed by atoms with van der Waals surface area (Å²) < 4.78 is 5.49. The van der Waals surface area contributed by atoms with Crippen molar-refractivity contribution in [3.8, 4) is 0 Å². The third kappa shape index (κ3) is 2.25. The van der Waals surface area contributed by atoms with Crippen molar-refractivity contribution in [1.82, 2.24) is 5.32 Å². The zero-order chi connectivity index (χ0) is 14.1. The lowest BCUT2D eigenvalue weighted by Gasteiger charge is -2.20. The van der Waals surface area contributed by atoms with Gasteiger partial charge in [0.15, 0.2) is 0 Å². The number of ketones is 2. The Morgan fingerprint density at radius 1 is 1.20 bits per heavy atom. The number of hydrogen-bond donors (Lipinski definition) is 1. The van der Waals surface area contributed by atoms with Crippen molar-refractivity contribution in [1.29, 1.82) is 0 Å². The third-order valence-corrected chi connectivity index (χ3v) is 3.95. The van der Waals surface area contributed by atoms with E-state index in [4.69, 9.17) is 16.3 Å². The molecule has 1 saturated heterocycles. The Morgan fingerprint density at radius 3 is 2.55 bits per heavy atom. The zero-order valence-corrected chi connectivity index (χ0v) is 11.6. The summed E-state index contributed by atoms with van der Waals surface area (Å²) in [5, 5.41) is 2.95. The van der Waals surface area contributed by atoms with Crippen LogP contribution in [0.4, 0.5) is 0 Å². The minimum absolute atomic E-state index is 0.0355. The maximum atomic E-state index is 12.4. The number of hydrogen-bond acceptors (Lipinski definition) is 4. The normalized spacial score (nSPS) is 22.1. The van der Waals surface area contributed by atoms with Crippen LogP contribution in [0.15, 0.2) is 35.0 Å². The van der Waals surface area contributed by atoms with Crippen LogP contribution in [0.1, 0.15) is 33.6 Å². The van der Waals surface area contributed by atoms with E-state index in [1.165, 1.54) is 0 Å². The molecule has 1 atom stereocenters. The van der Waals surface area contributed by atoms with E-state index in [2.05, 4.69) is 5.32 Å². The number of rotatable bonds is 3. The first kappa shape index (κ1) is 13.3. The molecule has 1 aliphatic carbocycles. The molecule has 0 bridgehead atoms. The summed E-state index contributed by atoms with van der Waals surface area (Å²) in [6.45, 7) is 1.24. The number of ether oxygens (including phenoxy) is 1. The molecule has 2 aliphatic rings. The van der Waals surface area contributed by atoms with Gasteiger partial charge in [0.2, 0.25) is 11.6 Å². The smallest absolute Gasteiger partial charge is 0.211 e. The molecule has 1 heterocycles. The Morgan fingerprint density at radius 2 is 1.90 bits per heavy atom. The van der Waals surface area contributed by atoms with Gasteiger partial charge < -0.3 is 10.1 Å². The summed E-state index contributed by atoms with van der Waals surface area (Å²) >= 11 is 6.05. The molecular formula is C15H14ClNO3. The van der Waals surface area contributed by atoms with Crippen LogP contribution in [0.2, 0.25) is 0 Å². The number of nitrogens with one attached hydrogen (secondary N) is 1. The van der Waals surface area contributed by atoms with E-state index in [0.29, 0.717) is 17.7 Å². The SMILES string of the molecule is O=C1C(Cl)=C(NCC2CCCO2)C(=O)c2ccccc21. The molecule has 1 fully saturated rings. The molecule has 0 saturated carbocycles. The van der Waals surface area contributed by atoms with Crippen molar-refractivity contribution < 1.29 is 14.3 Å². The Labute approximate surface area is 121 Å². The maximum Gasteiger partial charge on any atom is 0.211 e. The molecule has 20 heavy (non-hydrogen) atoms. The number of carbonyl (C=O) groups excluding carboxylic acids is 2. The molecule has 1 N–H and O–H groups in total. The quantitative estimate of drug-likeness (QED) is 0.928. The highest BCUT2D eigenvalue weighted by Crippen LogP contribution is 2.27. The molecule has 5 heteroatoms. The van der Waals surface area contributed by atoms with Crippen LogP contribution >= 0.6 is 11.6 Å². The average molecular weight is 292 g/mol. The second-order valence-electron chi connectivity index (χ2n) is 4.91. The summed E-state index contributed by atoms with van der Waals surface area (Å²) in [5.41, 5.74) is 0.952. The molecule has 1 aliphatic heterocycles. The Kier molecular flexibility index (Phi) is 3.59. The van der Waals surface area contributed by atoms with Gasteiger partial charge in [0.05, 0.1) is 6.10 Å². The molecule has 1 aromatic carbocycles. The van der Waals surface area contributed by atoms with Crippen LogP contribution in [0.5, 0.6) is 0 Å². The predicted octanol–water partition coefficient (Wildman–Crippen LogP) is 2.28. The first-order valence-electron chi connectivity index (χ1n) is 6.62. The second kappa shape index (κ2) is 5.38. The first-order valence-corrected chi connectivity index (χ1v) is 7.00. The van der Waals surface area contributed by atoms with E-state index < -0.39 is 0 Å². The summed E-state index contributed by atoms with van der Waals surface area (Å²) in [7, 11) is 0. The molecular weight excluding hydrogens is 278 g/mol. The Bertz CT molecular complexity index is 603. The maximum absolute atomic E-state index is 12.4. The van der Waals surface area contributed by atoms with E-state index in [-0.39, 0.29) is 28.4 Å². The van der Waals surface area contributed by atoms with Crippen molar-refractivity contribution in [3.63, 3.8) is 0 Å². The van der Waals surface area contributed by atoms with E-state index in [0.717, 1.165) is 19.4 Å². The van der Waals surface area contributed by atoms with E-state index in [9.17, 15) is 9.59 Å². The van der Waals surface area contributed by atoms with Crippen molar-refractivity contribution in [2.24, 2.45) is 0 Å². The van der Waals surface area contributed by atoms with Gasteiger partial charge in [0.1, 0.15) is 10.7 Å². The van der Waals surface area contributed by atoms with Gasteiger partial charge >= 0.3 is 0 Å². The summed E-state index contributed by atoms with van der Waals surface area (Å²) in [6.07, 6.45) is 2.05. The average Bonchev–Trinajstić information content (AvgIpc) is 2.98. The monoisotopic (exact) mass is 291 g/mol. The lowest BCUT2D eigenvalue weighted by Crippen LogP contribution is -2.33. The molecule has 1 aromatic rings. The number of carbonyl (C=O) groups is 2. The van der Waals surface area contributed by atoms with E-state index in [1.54, 1.807) is 24.3 Å². The highest BCUT2D eigenvalue weighted by molar-refractivity contribution is 6.49. The molecule has 0 radical (unpaired) electrons. The van der Waals surface area contributed by atoms with Crippen LogP contribution in [-0.2, 0) is 4.74 Å². The molecule has 0 amide bonds. The molecule has 3 rings (SSSR count). The summed E-state index contributed by atoms with van der Waals surface area (Å²) in [5.74, 6) is -0.542. The lowest BCUT2D eigenvalue weighted by molar-refractivity contribution is 0.0956. The van der Waals surface area contributed by atoms with Gasteiger partial charge in [-0.15, -0.1) is 0 Å². The Balaban J connectivity index is 1.85. The minimum atomic E-state index is -0.309. The van der Waals surface area contributed by atoms with Gasteiger partial charge in [0, 0.05) is 24.3 Å². The minimum Gasteiger partial charge on any atom is -0.378 e. The molecule has 0 spiro atoms. The molecule has 0 aromatic heterocycles. The standard InChI is InChI=1S/C15H14ClNO3/c16-12-13(17-8-9-4-3-7-20-9)15(19)11-6-2-1-5-10(11)14(12)18/h1-2,5-6,9,17H,3-4,7-8H2. The van der Waals surface area contributed by atoms with Crippen LogP contribution in [0.25, 0.3) is 0 Å². The fourth-order valence-electron chi connectivity index (χ4n) is 2.52. The highest BCUT2D eigenvalue weighted by atomic mass is 35.5. The summed E-state index contributed by atoms with van der Waals surface area (Å²) in [6, 6.07) is 6.72. The topological polar surface area (TPSA) is 55.4 Å². The highest BCUT2D eigenvalue weighted by Gasteiger charge is 2.31. The van der Waals surface area contributed by atoms with Crippen LogP contribution < -0.4 is 5.32 Å². The fourth-order valence-corrected chi connectivity index (χ4v) is 2.78. The van der Waals surface area contributed by atoms with Crippen molar-refractivity contribution in [3.05, 3.63) is 46.1 Å². The number of halogens is 1. The van der Waals surface area contributed by atoms with E-state index in [1.807, 2.05) is 0 Å². The van der Waals surface area contributed by atoms with Gasteiger partial charge in [-0.05, 0) is 12.8 Å². The number of benzene rings is 1. The third-order valence-electron chi connectivity index (χ3n) is 3.59. The van der Waals surface area contributed by atoms with Gasteiger partial charge in [-0.25, -0.2) is 0 Å². The van der Waals surface area contributed by atoms with E-state index >= 15 is 0 Å². The summed E-state index contributed by atoms with van der Waals surface area (Å²) in [4.78, 5) is 24.5.